The SMILES string of the molecule is CC(C)(C)OC(=O)CC[C@@H](NC(=O)OCC1c2ccccc2-c2ccccc21)C(=O)N[C@@H](Cc1c[nH]c2ccccc12)C(=O)N[C@@H](CCCCNC(=O)OC(C)(C)C)C(=O)N1CCC[C@@H]1C(=O)NCC(N)=O. The first-order chi connectivity index (χ1) is 34.2. The number of para-hydroxylation sites is 1. The van der Waals surface area contributed by atoms with Crippen LogP contribution in [0.25, 0.3) is 22.0 Å². The Bertz CT molecular complexity index is 2570. The Morgan fingerprint density at radius 1 is 0.722 bits per heavy atom. The minimum absolute atomic E-state index is 0.0526. The van der Waals surface area contributed by atoms with Crippen molar-refractivity contribution >= 4 is 58.6 Å². The number of nitrogens with zero attached hydrogens (tertiary/aromatic N) is 1. The number of alkyl carbamates (subject to hydrolysis) is 2. The lowest BCUT2D eigenvalue weighted by molar-refractivity contribution is -0.155. The highest BCUT2D eigenvalue weighted by Gasteiger charge is 2.39. The molecule has 1 saturated heterocycles. The Morgan fingerprint density at radius 2 is 1.35 bits per heavy atom. The minimum Gasteiger partial charge on any atom is -0.460 e. The van der Waals surface area contributed by atoms with E-state index in [4.69, 9.17) is 19.9 Å². The van der Waals surface area contributed by atoms with Crippen molar-refractivity contribution in [3.8, 4) is 11.1 Å². The summed E-state index contributed by atoms with van der Waals surface area (Å²) in [5, 5.41) is 14.3. The predicted molar refractivity (Wildman–Crippen MR) is 268 cm³/mol. The maximum atomic E-state index is 14.8. The van der Waals surface area contributed by atoms with Crippen LogP contribution in [0.4, 0.5) is 9.59 Å². The Morgan fingerprint density at radius 3 is 2.01 bits per heavy atom. The van der Waals surface area contributed by atoms with Gasteiger partial charge in [0.25, 0.3) is 0 Å². The second-order valence-corrected chi connectivity index (χ2v) is 20.1. The van der Waals surface area contributed by atoms with Gasteiger partial charge in [-0.05, 0) is 114 Å². The molecule has 0 saturated carbocycles. The quantitative estimate of drug-likeness (QED) is 0.0332. The van der Waals surface area contributed by atoms with Crippen LogP contribution in [0.2, 0.25) is 0 Å². The van der Waals surface area contributed by atoms with Gasteiger partial charge >= 0.3 is 18.2 Å². The summed E-state index contributed by atoms with van der Waals surface area (Å²) < 4.78 is 16.7. The van der Waals surface area contributed by atoms with Gasteiger partial charge in [0.15, 0.2) is 0 Å². The molecule has 4 atom stereocenters. The zero-order valence-electron chi connectivity index (χ0n) is 41.9. The van der Waals surface area contributed by atoms with Gasteiger partial charge in [-0.1, -0.05) is 66.7 Å². The average Bonchev–Trinajstić information content (AvgIpc) is 4.06. The zero-order valence-corrected chi connectivity index (χ0v) is 41.9. The number of amides is 7. The number of aromatic amines is 1. The number of primary amides is 1. The fourth-order valence-corrected chi connectivity index (χ4v) is 9.01. The second-order valence-electron chi connectivity index (χ2n) is 20.1. The van der Waals surface area contributed by atoms with Gasteiger partial charge < -0.3 is 56.4 Å². The molecule has 4 aromatic rings. The molecule has 0 radical (unpaired) electrons. The summed E-state index contributed by atoms with van der Waals surface area (Å²) in [7, 11) is 0. The van der Waals surface area contributed by atoms with Crippen molar-refractivity contribution in [2.24, 2.45) is 5.73 Å². The van der Waals surface area contributed by atoms with Crippen molar-refractivity contribution in [1.82, 2.24) is 36.5 Å². The molecule has 0 spiro atoms. The Hall–Kier alpha value is -7.44. The predicted octanol–water partition coefficient (Wildman–Crippen LogP) is 5.00. The number of ether oxygens (including phenoxy) is 3. The number of nitrogens with two attached hydrogens (primary N) is 1. The summed E-state index contributed by atoms with van der Waals surface area (Å²) in [6.45, 7) is 10.3. The number of hydrogen-bond acceptors (Lipinski definition) is 11. The highest BCUT2D eigenvalue weighted by Crippen LogP contribution is 2.44. The molecule has 1 aromatic heterocycles. The molecule has 0 bridgehead atoms. The zero-order chi connectivity index (χ0) is 52.2. The number of rotatable bonds is 21. The van der Waals surface area contributed by atoms with Crippen LogP contribution in [0.5, 0.6) is 0 Å². The average molecular weight is 993 g/mol. The maximum absolute atomic E-state index is 14.8. The van der Waals surface area contributed by atoms with E-state index in [2.05, 4.69) is 31.6 Å². The number of unbranched alkanes of at least 4 members (excludes halogenated alkanes) is 1. The number of carbonyl (C=O) groups is 8. The molecule has 3 aromatic carbocycles. The third-order valence-corrected chi connectivity index (χ3v) is 12.2. The van der Waals surface area contributed by atoms with Crippen molar-refractivity contribution in [3.63, 3.8) is 0 Å². The van der Waals surface area contributed by atoms with Crippen molar-refractivity contribution < 1.29 is 52.6 Å². The normalized spacial score (nSPS) is 15.5. The Labute approximate surface area is 419 Å². The first-order valence-corrected chi connectivity index (χ1v) is 24.5. The molecule has 19 nitrogen and oxygen atoms in total. The first kappa shape index (κ1) is 53.9. The Kier molecular flexibility index (Phi) is 18.1. The molecule has 2 heterocycles. The van der Waals surface area contributed by atoms with Crippen molar-refractivity contribution in [2.75, 3.05) is 26.2 Å². The van der Waals surface area contributed by atoms with E-state index in [0.717, 1.165) is 33.2 Å². The molecule has 1 fully saturated rings. The van der Waals surface area contributed by atoms with E-state index >= 15 is 0 Å². The lowest BCUT2D eigenvalue weighted by Gasteiger charge is -2.30. The molecule has 72 heavy (non-hydrogen) atoms. The number of esters is 1. The number of carbonyl (C=O) groups excluding carboxylic acids is 8. The van der Waals surface area contributed by atoms with Crippen LogP contribution in [-0.2, 0) is 49.4 Å². The number of benzene rings is 3. The van der Waals surface area contributed by atoms with Crippen LogP contribution in [0.15, 0.2) is 79.0 Å². The maximum Gasteiger partial charge on any atom is 0.407 e. The lowest BCUT2D eigenvalue weighted by Crippen LogP contribution is -2.58. The topological polar surface area (TPSA) is 269 Å². The Balaban J connectivity index is 1.24. The van der Waals surface area contributed by atoms with E-state index < -0.39 is 89.6 Å². The highest BCUT2D eigenvalue weighted by molar-refractivity contribution is 5.97. The van der Waals surface area contributed by atoms with E-state index in [9.17, 15) is 38.4 Å². The third-order valence-electron chi connectivity index (χ3n) is 12.2. The van der Waals surface area contributed by atoms with E-state index in [1.807, 2.05) is 72.8 Å². The monoisotopic (exact) mass is 993 g/mol. The minimum atomic E-state index is -1.40. The molecular formula is C53H68N8O11. The largest absolute Gasteiger partial charge is 0.460 e. The molecule has 2 aliphatic rings. The lowest BCUT2D eigenvalue weighted by atomic mass is 9.98. The summed E-state index contributed by atoms with van der Waals surface area (Å²) in [6.07, 6.45) is 1.17. The number of hydrogen-bond donors (Lipinski definition) is 7. The van der Waals surface area contributed by atoms with Crippen LogP contribution in [0, 0.1) is 0 Å². The van der Waals surface area contributed by atoms with Crippen molar-refractivity contribution in [3.05, 3.63) is 95.7 Å². The molecule has 1 aliphatic heterocycles. The summed E-state index contributed by atoms with van der Waals surface area (Å²) in [5.41, 5.74) is 9.18. The van der Waals surface area contributed by atoms with Crippen molar-refractivity contribution in [2.45, 2.75) is 134 Å². The molecule has 19 heteroatoms. The number of fused-ring (bicyclic) bond motifs is 4. The number of aromatic nitrogens is 1. The van der Waals surface area contributed by atoms with E-state index in [0.29, 0.717) is 31.2 Å². The van der Waals surface area contributed by atoms with Crippen LogP contribution < -0.4 is 32.3 Å². The second kappa shape index (κ2) is 24.1. The number of likely N-dealkylation sites (tertiary alicyclic amines) is 1. The molecule has 1 aliphatic carbocycles. The number of H-pyrrole nitrogens is 1. The van der Waals surface area contributed by atoms with Gasteiger partial charge in [0.1, 0.15) is 42.0 Å². The highest BCUT2D eigenvalue weighted by atomic mass is 16.6. The molecule has 6 rings (SSSR count). The summed E-state index contributed by atoms with van der Waals surface area (Å²) in [5.74, 6) is -4.35. The van der Waals surface area contributed by atoms with Gasteiger partial charge in [0.2, 0.25) is 29.5 Å². The van der Waals surface area contributed by atoms with Crippen LogP contribution in [0.1, 0.15) is 109 Å². The third kappa shape index (κ3) is 15.0. The van der Waals surface area contributed by atoms with Gasteiger partial charge in [-0.3, -0.25) is 28.8 Å². The van der Waals surface area contributed by atoms with Gasteiger partial charge in [0.05, 0.1) is 6.54 Å². The van der Waals surface area contributed by atoms with Gasteiger partial charge in [0, 0.05) is 48.9 Å². The fraction of sp³-hybridized carbons (Fsp3) is 0.472. The van der Waals surface area contributed by atoms with Gasteiger partial charge in [-0.15, -0.1) is 0 Å². The molecular weight excluding hydrogens is 925 g/mol. The first-order valence-electron chi connectivity index (χ1n) is 24.5. The van der Waals surface area contributed by atoms with Crippen LogP contribution >= 0.6 is 0 Å². The molecule has 7 amide bonds. The standard InChI is InChI=1S/C53H68N8O11/c1-52(2,3)71-45(63)25-24-40(60-51(69)70-31-38-36-19-9-7-17-34(36)35-18-8-10-20-37(35)38)46(64)59-42(28-32-29-56-39-21-12-11-16-33(32)39)47(65)58-41(22-13-14-26-55-50(68)72-53(4,5)6)49(67)61-27-15-23-43(61)48(66)57-30-44(54)62/h7-12,16-21,29,38,40-43,56H,13-15,22-28,30-31H2,1-6H3,(H2,54,62)(H,55,68)(H,57,66)(H,58,65)(H,59,64)(H,60,69)/t40-,41+,42+,43-/m1/s1. The van der Waals surface area contributed by atoms with Gasteiger partial charge in [-0.2, -0.15) is 0 Å². The smallest absolute Gasteiger partial charge is 0.407 e. The number of nitrogens with one attached hydrogen (secondary N) is 6. The van der Waals surface area contributed by atoms with Crippen LogP contribution in [0.3, 0.4) is 0 Å². The van der Waals surface area contributed by atoms with Crippen LogP contribution in [-0.4, -0.2) is 119 Å². The molecule has 8 N–H and O–H groups in total. The van der Waals surface area contributed by atoms with E-state index in [1.54, 1.807) is 47.7 Å². The summed E-state index contributed by atoms with van der Waals surface area (Å²) >= 11 is 0. The molecule has 386 valence electrons. The summed E-state index contributed by atoms with van der Waals surface area (Å²) in [4.78, 5) is 112. The van der Waals surface area contributed by atoms with Crippen molar-refractivity contribution in [1.29, 1.82) is 0 Å². The fourth-order valence-electron chi connectivity index (χ4n) is 9.01. The molecule has 0 unspecified atom stereocenters. The summed E-state index contributed by atoms with van der Waals surface area (Å²) in [6, 6.07) is 18.2. The van der Waals surface area contributed by atoms with E-state index in [1.165, 1.54) is 4.90 Å². The van der Waals surface area contributed by atoms with E-state index in [-0.39, 0.29) is 51.3 Å². The van der Waals surface area contributed by atoms with Gasteiger partial charge in [-0.25, -0.2) is 9.59 Å².